The van der Waals surface area contributed by atoms with Crippen molar-refractivity contribution in [2.45, 2.75) is 219 Å². The van der Waals surface area contributed by atoms with E-state index in [-0.39, 0.29) is 0 Å². The highest BCUT2D eigenvalue weighted by molar-refractivity contribution is 8.54. The summed E-state index contributed by atoms with van der Waals surface area (Å²) in [5.74, 6) is 0.741. The molecule has 0 aromatic rings. The fraction of sp³-hybridized carbons (Fsp3) is 1.00. The Morgan fingerprint density at radius 2 is 0.659 bits per heavy atom. The highest BCUT2D eigenvalue weighted by Gasteiger charge is 2.19. The predicted molar refractivity (Wildman–Crippen MR) is 187 cm³/mol. The van der Waals surface area contributed by atoms with Gasteiger partial charge < -0.3 is 9.42 Å². The van der Waals surface area contributed by atoms with Crippen LogP contribution >= 0.6 is 18.2 Å². The van der Waals surface area contributed by atoms with Crippen LogP contribution < -0.4 is 0 Å². The Labute approximate surface area is 263 Å². The molecule has 0 spiro atoms. The van der Waals surface area contributed by atoms with Gasteiger partial charge in [0.2, 0.25) is 0 Å². The Morgan fingerprint density at radius 3 is 0.951 bits per heavy atom. The SMILES string of the molecule is CCCCCCCCCCCCCCCCCCOP(=O)(O)SCCCCCCCCCCCCCCCCCC. The normalized spacial score (nSPS) is 13.1. The molecule has 0 saturated carbocycles. The molecular formula is C36H75O3PS. The Hall–Kier alpha value is 0.500. The van der Waals surface area contributed by atoms with Gasteiger partial charge in [-0.1, -0.05) is 206 Å². The van der Waals surface area contributed by atoms with Crippen LogP contribution in [0.3, 0.4) is 0 Å². The van der Waals surface area contributed by atoms with E-state index in [9.17, 15) is 9.46 Å². The first-order valence-electron chi connectivity index (χ1n) is 18.7. The number of rotatable bonds is 36. The zero-order valence-electron chi connectivity index (χ0n) is 28.2. The number of hydrogen-bond donors (Lipinski definition) is 1. The monoisotopic (exact) mass is 619 g/mol. The van der Waals surface area contributed by atoms with Crippen molar-refractivity contribution in [3.8, 4) is 0 Å². The first-order valence-corrected chi connectivity index (χ1v) is 21.9. The largest absolute Gasteiger partial charge is 0.386 e. The Morgan fingerprint density at radius 1 is 0.415 bits per heavy atom. The van der Waals surface area contributed by atoms with Crippen molar-refractivity contribution < 1.29 is 14.0 Å². The lowest BCUT2D eigenvalue weighted by molar-refractivity contribution is 0.268. The Bertz CT molecular complexity index is 489. The third-order valence-electron chi connectivity index (χ3n) is 8.50. The standard InChI is InChI=1S/C36H75O3PS/c1-3-5-7-9-11-13-15-17-19-21-23-25-27-29-31-33-35-39-40(37,38)41-36-34-32-30-28-26-24-22-20-18-16-14-12-10-8-6-4-2/h3-36H2,1-2H3,(H,37,38). The van der Waals surface area contributed by atoms with Crippen molar-refractivity contribution in [1.29, 1.82) is 0 Å². The average Bonchev–Trinajstić information content (AvgIpc) is 2.96. The van der Waals surface area contributed by atoms with E-state index in [1.165, 1.54) is 186 Å². The van der Waals surface area contributed by atoms with Crippen molar-refractivity contribution >= 4 is 18.2 Å². The molecule has 0 bridgehead atoms. The summed E-state index contributed by atoms with van der Waals surface area (Å²) < 4.78 is 17.6. The van der Waals surface area contributed by atoms with Crippen LogP contribution in [-0.4, -0.2) is 17.3 Å². The minimum absolute atomic E-state index is 0.429. The smallest absolute Gasteiger partial charge is 0.316 e. The third-order valence-corrected chi connectivity index (χ3v) is 11.7. The Kier molecular flexibility index (Phi) is 35.4. The minimum atomic E-state index is -3.46. The molecule has 0 fully saturated rings. The van der Waals surface area contributed by atoms with E-state index < -0.39 is 6.80 Å². The van der Waals surface area contributed by atoms with Gasteiger partial charge in [-0.05, 0) is 24.2 Å². The molecule has 1 N–H and O–H groups in total. The fourth-order valence-corrected chi connectivity index (χ4v) is 8.22. The lowest BCUT2D eigenvalue weighted by Gasteiger charge is -2.11. The van der Waals surface area contributed by atoms with Crippen LogP contribution in [0.25, 0.3) is 0 Å². The molecule has 0 aliphatic rings. The van der Waals surface area contributed by atoms with Gasteiger partial charge in [0.1, 0.15) is 0 Å². The second-order valence-electron chi connectivity index (χ2n) is 12.7. The van der Waals surface area contributed by atoms with Crippen LogP contribution in [0.2, 0.25) is 0 Å². The highest BCUT2D eigenvalue weighted by atomic mass is 32.7. The van der Waals surface area contributed by atoms with Crippen LogP contribution in [0.4, 0.5) is 0 Å². The summed E-state index contributed by atoms with van der Waals surface area (Å²) in [6.45, 7) is 1.54. The van der Waals surface area contributed by atoms with E-state index in [2.05, 4.69) is 13.8 Å². The first-order chi connectivity index (χ1) is 20.1. The van der Waals surface area contributed by atoms with Crippen molar-refractivity contribution in [1.82, 2.24) is 0 Å². The first kappa shape index (κ1) is 41.5. The molecule has 0 heterocycles. The van der Waals surface area contributed by atoms with Gasteiger partial charge in [-0.25, -0.2) is 4.57 Å². The molecule has 1 atom stereocenters. The molecule has 0 rings (SSSR count). The maximum Gasteiger partial charge on any atom is 0.386 e. The maximum absolute atomic E-state index is 12.2. The summed E-state index contributed by atoms with van der Waals surface area (Å²) in [4.78, 5) is 10.1. The summed E-state index contributed by atoms with van der Waals surface area (Å²) in [7, 11) is 0. The van der Waals surface area contributed by atoms with Crippen molar-refractivity contribution in [2.24, 2.45) is 0 Å². The average molecular weight is 619 g/mol. The molecule has 1 unspecified atom stereocenters. The molecule has 41 heavy (non-hydrogen) atoms. The van der Waals surface area contributed by atoms with Gasteiger partial charge in [0.25, 0.3) is 0 Å². The van der Waals surface area contributed by atoms with Gasteiger partial charge in [0.05, 0.1) is 6.61 Å². The predicted octanol–water partition coefficient (Wildman–Crippen LogP) is 14.4. The zero-order chi connectivity index (χ0) is 30.0. The molecule has 0 amide bonds. The molecule has 248 valence electrons. The van der Waals surface area contributed by atoms with Crippen LogP contribution in [0, 0.1) is 0 Å². The van der Waals surface area contributed by atoms with Gasteiger partial charge in [-0.15, -0.1) is 0 Å². The van der Waals surface area contributed by atoms with E-state index in [4.69, 9.17) is 4.52 Å². The van der Waals surface area contributed by atoms with E-state index in [1.807, 2.05) is 0 Å². The lowest BCUT2D eigenvalue weighted by atomic mass is 10.0. The summed E-state index contributed by atoms with van der Waals surface area (Å²) >= 11 is 1.14. The van der Waals surface area contributed by atoms with Crippen LogP contribution in [0.1, 0.15) is 219 Å². The molecule has 3 nitrogen and oxygen atoms in total. The van der Waals surface area contributed by atoms with Gasteiger partial charge in [0.15, 0.2) is 0 Å². The lowest BCUT2D eigenvalue weighted by Crippen LogP contribution is -1.92. The van der Waals surface area contributed by atoms with E-state index >= 15 is 0 Å². The molecule has 0 saturated heterocycles. The molecule has 0 aliphatic heterocycles. The van der Waals surface area contributed by atoms with Crippen LogP contribution in [-0.2, 0) is 9.09 Å². The zero-order valence-corrected chi connectivity index (χ0v) is 29.9. The Balaban J connectivity index is 3.26. The summed E-state index contributed by atoms with van der Waals surface area (Å²) in [5, 5.41) is 0. The summed E-state index contributed by atoms with van der Waals surface area (Å²) in [6.07, 6.45) is 43.1. The van der Waals surface area contributed by atoms with Gasteiger partial charge in [-0.3, -0.25) is 0 Å². The van der Waals surface area contributed by atoms with Crippen molar-refractivity contribution in [3.05, 3.63) is 0 Å². The molecule has 5 heteroatoms. The molecular weight excluding hydrogens is 543 g/mol. The van der Waals surface area contributed by atoms with Gasteiger partial charge >= 0.3 is 6.80 Å². The van der Waals surface area contributed by atoms with E-state index in [0.29, 0.717) is 6.61 Å². The molecule has 0 aromatic carbocycles. The van der Waals surface area contributed by atoms with Crippen molar-refractivity contribution in [2.75, 3.05) is 12.4 Å². The minimum Gasteiger partial charge on any atom is -0.316 e. The number of unbranched alkanes of at least 4 members (excludes halogenated alkanes) is 30. The third kappa shape index (κ3) is 36.6. The fourth-order valence-electron chi connectivity index (χ4n) is 5.70. The summed E-state index contributed by atoms with van der Waals surface area (Å²) in [5.41, 5.74) is 0. The van der Waals surface area contributed by atoms with Gasteiger partial charge in [-0.2, -0.15) is 0 Å². The topological polar surface area (TPSA) is 46.5 Å². The molecule has 0 aromatic heterocycles. The second-order valence-corrected chi connectivity index (χ2v) is 16.8. The van der Waals surface area contributed by atoms with E-state index in [1.54, 1.807) is 0 Å². The van der Waals surface area contributed by atoms with Gasteiger partial charge in [0, 0.05) is 5.75 Å². The molecule has 0 radical (unpaired) electrons. The van der Waals surface area contributed by atoms with E-state index in [0.717, 1.165) is 36.4 Å². The quantitative estimate of drug-likeness (QED) is 0.0560. The van der Waals surface area contributed by atoms with Crippen LogP contribution in [0.15, 0.2) is 0 Å². The maximum atomic E-state index is 12.2. The number of hydrogen-bond acceptors (Lipinski definition) is 3. The van der Waals surface area contributed by atoms with Crippen LogP contribution in [0.5, 0.6) is 0 Å². The van der Waals surface area contributed by atoms with Crippen molar-refractivity contribution in [3.63, 3.8) is 0 Å². The summed E-state index contributed by atoms with van der Waals surface area (Å²) in [6, 6.07) is 0. The molecule has 0 aliphatic carbocycles. The second kappa shape index (κ2) is 35.0. The highest BCUT2D eigenvalue weighted by Crippen LogP contribution is 2.56.